The van der Waals surface area contributed by atoms with Gasteiger partial charge in [-0.15, -0.1) is 11.3 Å². The largest absolute Gasteiger partial charge is 0.366 e. The van der Waals surface area contributed by atoms with Crippen LogP contribution in [0.15, 0.2) is 32.5 Å². The van der Waals surface area contributed by atoms with Gasteiger partial charge in [0, 0.05) is 15.7 Å². The van der Waals surface area contributed by atoms with Gasteiger partial charge >= 0.3 is 0 Å². The van der Waals surface area contributed by atoms with Gasteiger partial charge in [-0.25, -0.2) is 0 Å². The summed E-state index contributed by atoms with van der Waals surface area (Å²) in [5.41, 5.74) is 7.04. The fraction of sp³-hybridized carbons (Fsp3) is 0.0769. The van der Waals surface area contributed by atoms with Gasteiger partial charge in [0.05, 0.1) is 8.66 Å². The molecule has 1 aromatic heterocycles. The molecule has 3 N–H and O–H groups in total. The van der Waals surface area contributed by atoms with Crippen LogP contribution >= 0.6 is 43.2 Å². The summed E-state index contributed by atoms with van der Waals surface area (Å²) < 4.78 is 1.70. The molecule has 0 aliphatic heterocycles. The van der Waals surface area contributed by atoms with Crippen molar-refractivity contribution in [3.8, 4) is 0 Å². The van der Waals surface area contributed by atoms with Gasteiger partial charge in [-0.2, -0.15) is 0 Å². The highest BCUT2D eigenvalue weighted by atomic mass is 79.9. The highest BCUT2D eigenvalue weighted by Gasteiger charge is 2.13. The Balaban J connectivity index is 2.20. The van der Waals surface area contributed by atoms with E-state index < -0.39 is 5.91 Å². The molecule has 0 fully saturated rings. The first-order valence-electron chi connectivity index (χ1n) is 5.55. The molecule has 1 heterocycles. The van der Waals surface area contributed by atoms with Crippen molar-refractivity contribution in [1.82, 2.24) is 0 Å². The van der Waals surface area contributed by atoms with Crippen LogP contribution < -0.4 is 11.1 Å². The molecule has 0 saturated heterocycles. The molecule has 7 heteroatoms. The number of hydrogen-bond acceptors (Lipinski definition) is 3. The topological polar surface area (TPSA) is 72.2 Å². The predicted molar refractivity (Wildman–Crippen MR) is 87.4 cm³/mol. The zero-order valence-corrected chi connectivity index (χ0v) is 14.4. The Morgan fingerprint density at radius 1 is 1.25 bits per heavy atom. The van der Waals surface area contributed by atoms with Gasteiger partial charge in [-0.1, -0.05) is 0 Å². The van der Waals surface area contributed by atoms with E-state index >= 15 is 0 Å². The number of rotatable bonds is 3. The van der Waals surface area contributed by atoms with Crippen molar-refractivity contribution in [3.63, 3.8) is 0 Å². The van der Waals surface area contributed by atoms with Crippen LogP contribution in [0.4, 0.5) is 5.69 Å². The van der Waals surface area contributed by atoms with Crippen LogP contribution in [0.1, 0.15) is 25.6 Å². The van der Waals surface area contributed by atoms with E-state index in [1.54, 1.807) is 31.2 Å². The minimum atomic E-state index is -0.480. The molecule has 20 heavy (non-hydrogen) atoms. The number of primary amides is 1. The zero-order valence-electron chi connectivity index (χ0n) is 10.4. The van der Waals surface area contributed by atoms with Crippen LogP contribution in [0.25, 0.3) is 0 Å². The van der Waals surface area contributed by atoms with E-state index in [-0.39, 0.29) is 5.91 Å². The van der Waals surface area contributed by atoms with Gasteiger partial charge in [-0.3, -0.25) is 9.59 Å². The fourth-order valence-electron chi connectivity index (χ4n) is 1.67. The summed E-state index contributed by atoms with van der Waals surface area (Å²) in [6.45, 7) is 1.77. The number of anilines is 1. The smallest absolute Gasteiger partial charge is 0.265 e. The maximum Gasteiger partial charge on any atom is 0.265 e. The Labute approximate surface area is 136 Å². The minimum absolute atomic E-state index is 0.201. The van der Waals surface area contributed by atoms with Gasteiger partial charge in [0.2, 0.25) is 5.91 Å². The molecular formula is C13H10Br2N2O2S. The predicted octanol–water partition coefficient (Wildman–Crippen LogP) is 3.93. The first-order valence-corrected chi connectivity index (χ1v) is 7.95. The Kier molecular flexibility index (Phi) is 4.62. The second-order valence-electron chi connectivity index (χ2n) is 4.08. The minimum Gasteiger partial charge on any atom is -0.366 e. The fourth-order valence-corrected chi connectivity index (χ4v) is 3.60. The summed E-state index contributed by atoms with van der Waals surface area (Å²) in [5.74, 6) is -0.681. The molecule has 0 saturated carbocycles. The number of carbonyl (C=O) groups is 2. The van der Waals surface area contributed by atoms with Crippen molar-refractivity contribution in [1.29, 1.82) is 0 Å². The monoisotopic (exact) mass is 416 g/mol. The Bertz CT molecular complexity index is 678. The SMILES string of the molecule is Cc1cc(NC(=O)c2cc(Br)c(Br)s2)ccc1C(N)=O. The molecule has 0 bridgehead atoms. The molecule has 0 radical (unpaired) electrons. The van der Waals surface area contributed by atoms with Gasteiger partial charge in [-0.05, 0) is 68.6 Å². The third-order valence-corrected chi connectivity index (χ3v) is 5.87. The average molecular weight is 418 g/mol. The summed E-state index contributed by atoms with van der Waals surface area (Å²) in [6, 6.07) is 6.72. The lowest BCUT2D eigenvalue weighted by molar-refractivity contribution is 0.0998. The Morgan fingerprint density at radius 3 is 2.45 bits per heavy atom. The highest BCUT2D eigenvalue weighted by molar-refractivity contribution is 9.13. The quantitative estimate of drug-likeness (QED) is 0.793. The molecule has 104 valence electrons. The summed E-state index contributed by atoms with van der Waals surface area (Å²) >= 11 is 8.02. The summed E-state index contributed by atoms with van der Waals surface area (Å²) in [4.78, 5) is 23.8. The number of carbonyl (C=O) groups excluding carboxylic acids is 2. The molecule has 2 amide bonds. The van der Waals surface area contributed by atoms with Crippen molar-refractivity contribution in [2.24, 2.45) is 5.73 Å². The third kappa shape index (κ3) is 3.28. The lowest BCUT2D eigenvalue weighted by Crippen LogP contribution is -2.14. The van der Waals surface area contributed by atoms with E-state index in [9.17, 15) is 9.59 Å². The molecule has 4 nitrogen and oxygen atoms in total. The number of hydrogen-bond donors (Lipinski definition) is 2. The Hall–Kier alpha value is -1.18. The first-order chi connectivity index (χ1) is 9.38. The zero-order chi connectivity index (χ0) is 14.9. The molecular weight excluding hydrogens is 408 g/mol. The van der Waals surface area contributed by atoms with Gasteiger partial charge in [0.25, 0.3) is 5.91 Å². The molecule has 0 unspecified atom stereocenters. The lowest BCUT2D eigenvalue weighted by Gasteiger charge is -2.07. The number of aryl methyl sites for hydroxylation is 1. The van der Waals surface area contributed by atoms with Crippen LogP contribution in [0.5, 0.6) is 0 Å². The molecule has 2 rings (SSSR count). The van der Waals surface area contributed by atoms with Crippen molar-refractivity contribution >= 4 is 60.7 Å². The third-order valence-electron chi connectivity index (χ3n) is 2.62. The highest BCUT2D eigenvalue weighted by Crippen LogP contribution is 2.32. The first kappa shape index (κ1) is 15.2. The van der Waals surface area contributed by atoms with Crippen molar-refractivity contribution in [3.05, 3.63) is 48.5 Å². The van der Waals surface area contributed by atoms with Crippen LogP contribution in [0, 0.1) is 6.92 Å². The maximum absolute atomic E-state index is 12.1. The number of amides is 2. The van der Waals surface area contributed by atoms with Crippen molar-refractivity contribution in [2.45, 2.75) is 6.92 Å². The van der Waals surface area contributed by atoms with Crippen LogP contribution in [0.3, 0.4) is 0 Å². The van der Waals surface area contributed by atoms with E-state index in [1.807, 2.05) is 0 Å². The summed E-state index contributed by atoms with van der Waals surface area (Å²) in [5, 5.41) is 2.78. The van der Waals surface area contributed by atoms with Gasteiger partial charge in [0.1, 0.15) is 0 Å². The van der Waals surface area contributed by atoms with Crippen LogP contribution in [-0.4, -0.2) is 11.8 Å². The van der Waals surface area contributed by atoms with Crippen molar-refractivity contribution in [2.75, 3.05) is 5.32 Å². The number of nitrogens with two attached hydrogens (primary N) is 1. The number of halogens is 2. The average Bonchev–Trinajstić information content (AvgIpc) is 2.69. The molecule has 0 aliphatic rings. The molecule has 2 aromatic rings. The second kappa shape index (κ2) is 6.07. The molecule has 1 aromatic carbocycles. The normalized spacial score (nSPS) is 10.3. The maximum atomic E-state index is 12.1. The van der Waals surface area contributed by atoms with E-state index in [2.05, 4.69) is 37.2 Å². The molecule has 0 aliphatic carbocycles. The number of nitrogens with one attached hydrogen (secondary N) is 1. The summed E-state index contributed by atoms with van der Waals surface area (Å²) in [7, 11) is 0. The number of benzene rings is 1. The van der Waals surface area contributed by atoms with Gasteiger partial charge in [0.15, 0.2) is 0 Å². The van der Waals surface area contributed by atoms with Crippen molar-refractivity contribution < 1.29 is 9.59 Å². The van der Waals surface area contributed by atoms with E-state index in [4.69, 9.17) is 5.73 Å². The van der Waals surface area contributed by atoms with E-state index in [0.717, 1.165) is 13.8 Å². The van der Waals surface area contributed by atoms with E-state index in [1.165, 1.54) is 11.3 Å². The lowest BCUT2D eigenvalue weighted by atomic mass is 10.1. The van der Waals surface area contributed by atoms with Crippen LogP contribution in [-0.2, 0) is 0 Å². The molecule has 0 spiro atoms. The van der Waals surface area contributed by atoms with Gasteiger partial charge < -0.3 is 11.1 Å². The van der Waals surface area contributed by atoms with Crippen LogP contribution in [0.2, 0.25) is 0 Å². The van der Waals surface area contributed by atoms with E-state index in [0.29, 0.717) is 16.1 Å². The second-order valence-corrected chi connectivity index (χ2v) is 7.30. The summed E-state index contributed by atoms with van der Waals surface area (Å²) in [6.07, 6.45) is 0. The number of thiophene rings is 1. The Morgan fingerprint density at radius 2 is 1.95 bits per heavy atom. The standard InChI is InChI=1S/C13H10Br2N2O2S/c1-6-4-7(2-3-8(6)12(16)18)17-13(19)10-5-9(14)11(15)20-10/h2-5H,1H3,(H2,16,18)(H,17,19). The molecule has 0 atom stereocenters.